The first kappa shape index (κ1) is 15.2. The zero-order valence-electron chi connectivity index (χ0n) is 12.7. The summed E-state index contributed by atoms with van der Waals surface area (Å²) in [4.78, 5) is 0. The van der Waals surface area contributed by atoms with E-state index < -0.39 is 18.3 Å². The van der Waals surface area contributed by atoms with Crippen LogP contribution in [0.5, 0.6) is 0 Å². The predicted molar refractivity (Wildman–Crippen MR) is 86.5 cm³/mol. The fourth-order valence-corrected chi connectivity index (χ4v) is 3.13. The molecule has 1 aromatic carbocycles. The van der Waals surface area contributed by atoms with Crippen LogP contribution in [0.25, 0.3) is 10.9 Å². The summed E-state index contributed by atoms with van der Waals surface area (Å²) in [5.74, 6) is 0. The minimum absolute atomic E-state index is 0.385. The second kappa shape index (κ2) is 4.62. The van der Waals surface area contributed by atoms with E-state index in [-0.39, 0.29) is 0 Å². The number of aromatic nitrogens is 2. The van der Waals surface area contributed by atoms with Crippen LogP contribution in [-0.2, 0) is 16.4 Å². The smallest absolute Gasteiger partial charge is 0.399 e. The van der Waals surface area contributed by atoms with Gasteiger partial charge in [0.1, 0.15) is 0 Å². The topological polar surface area (TPSA) is 36.3 Å². The maximum absolute atomic E-state index is 6.53. The highest BCUT2D eigenvalue weighted by atomic mass is 35.5. The molecule has 7 heteroatoms. The Hall–Kier alpha value is -0.745. The number of halogens is 2. The van der Waals surface area contributed by atoms with Crippen molar-refractivity contribution in [3.05, 3.63) is 22.3 Å². The summed E-state index contributed by atoms with van der Waals surface area (Å²) in [6.45, 7) is 8.04. The second-order valence-electron chi connectivity index (χ2n) is 6.37. The molecule has 1 aromatic heterocycles. The third-order valence-electron chi connectivity index (χ3n) is 4.45. The predicted octanol–water partition coefficient (Wildman–Crippen LogP) is 3.18. The molecule has 3 rings (SSSR count). The minimum Gasteiger partial charge on any atom is -0.399 e. The molecule has 1 saturated heterocycles. The maximum Gasteiger partial charge on any atom is 0.496 e. The molecule has 0 aliphatic carbocycles. The summed E-state index contributed by atoms with van der Waals surface area (Å²) >= 11 is 12.7. The molecule has 0 atom stereocenters. The highest BCUT2D eigenvalue weighted by Gasteiger charge is 2.52. The lowest BCUT2D eigenvalue weighted by Crippen LogP contribution is -2.41. The van der Waals surface area contributed by atoms with Gasteiger partial charge in [0.15, 0.2) is 5.15 Å². The SMILES string of the molecule is Cn1nc(Cl)c2c(Cl)c(B3OC(C)(C)C(C)(C)O3)ccc21. The summed E-state index contributed by atoms with van der Waals surface area (Å²) in [6.07, 6.45) is 0. The first-order valence-corrected chi connectivity index (χ1v) is 7.56. The number of nitrogens with zero attached hydrogens (tertiary/aromatic N) is 2. The van der Waals surface area contributed by atoms with E-state index in [0.717, 1.165) is 16.4 Å². The molecule has 1 fully saturated rings. The van der Waals surface area contributed by atoms with Crippen molar-refractivity contribution in [3.63, 3.8) is 0 Å². The normalized spacial score (nSPS) is 20.4. The van der Waals surface area contributed by atoms with Crippen molar-refractivity contribution in [1.29, 1.82) is 0 Å². The Morgan fingerprint density at radius 3 is 2.24 bits per heavy atom. The Kier molecular flexibility index (Phi) is 3.34. The number of aryl methyl sites for hydroxylation is 1. The van der Waals surface area contributed by atoms with Crippen LogP contribution in [0.4, 0.5) is 0 Å². The summed E-state index contributed by atoms with van der Waals surface area (Å²) in [7, 11) is 1.32. The molecule has 2 heterocycles. The maximum atomic E-state index is 6.53. The van der Waals surface area contributed by atoms with E-state index >= 15 is 0 Å². The van der Waals surface area contributed by atoms with E-state index in [9.17, 15) is 0 Å². The first-order valence-electron chi connectivity index (χ1n) is 6.80. The molecule has 0 amide bonds. The van der Waals surface area contributed by atoms with Crippen molar-refractivity contribution in [2.45, 2.75) is 38.9 Å². The van der Waals surface area contributed by atoms with Gasteiger partial charge in [-0.05, 0) is 33.8 Å². The van der Waals surface area contributed by atoms with E-state index in [1.165, 1.54) is 0 Å². The largest absolute Gasteiger partial charge is 0.496 e. The molecule has 112 valence electrons. The highest BCUT2D eigenvalue weighted by molar-refractivity contribution is 6.67. The van der Waals surface area contributed by atoms with Gasteiger partial charge in [-0.25, -0.2) is 0 Å². The van der Waals surface area contributed by atoms with Gasteiger partial charge < -0.3 is 9.31 Å². The van der Waals surface area contributed by atoms with Gasteiger partial charge in [0.2, 0.25) is 0 Å². The average Bonchev–Trinajstić information content (AvgIpc) is 2.74. The third-order valence-corrected chi connectivity index (χ3v) is 5.12. The van der Waals surface area contributed by atoms with E-state index in [0.29, 0.717) is 10.2 Å². The third kappa shape index (κ3) is 2.18. The van der Waals surface area contributed by atoms with Gasteiger partial charge >= 0.3 is 7.12 Å². The average molecular weight is 327 g/mol. The number of fused-ring (bicyclic) bond motifs is 1. The lowest BCUT2D eigenvalue weighted by Gasteiger charge is -2.32. The second-order valence-corrected chi connectivity index (χ2v) is 7.10. The number of benzene rings is 1. The molecule has 0 radical (unpaired) electrons. The molecule has 0 spiro atoms. The van der Waals surface area contributed by atoms with Crippen LogP contribution in [0.2, 0.25) is 10.2 Å². The number of rotatable bonds is 1. The fraction of sp³-hybridized carbons (Fsp3) is 0.500. The molecule has 2 aromatic rings. The van der Waals surface area contributed by atoms with Crippen molar-refractivity contribution in [2.24, 2.45) is 7.05 Å². The summed E-state index contributed by atoms with van der Waals surface area (Å²) in [5.41, 5.74) is 0.839. The molecule has 1 aliphatic rings. The zero-order valence-corrected chi connectivity index (χ0v) is 14.2. The first-order chi connectivity index (χ1) is 9.64. The minimum atomic E-state index is -0.511. The van der Waals surface area contributed by atoms with Crippen LogP contribution in [0, 0.1) is 0 Å². The van der Waals surface area contributed by atoms with Crippen molar-refractivity contribution in [3.8, 4) is 0 Å². The van der Waals surface area contributed by atoms with Crippen LogP contribution in [0.15, 0.2) is 12.1 Å². The fourth-order valence-electron chi connectivity index (χ4n) is 2.44. The Labute approximate surface area is 134 Å². The molecule has 0 saturated carbocycles. The van der Waals surface area contributed by atoms with Crippen LogP contribution in [0.3, 0.4) is 0 Å². The van der Waals surface area contributed by atoms with Crippen LogP contribution >= 0.6 is 23.2 Å². The molecular formula is C14H17BCl2N2O2. The van der Waals surface area contributed by atoms with Gasteiger partial charge in [0, 0.05) is 12.5 Å². The summed E-state index contributed by atoms with van der Waals surface area (Å²) in [5, 5.41) is 5.84. The molecule has 4 nitrogen and oxygen atoms in total. The quantitative estimate of drug-likeness (QED) is 0.755. The molecule has 1 aliphatic heterocycles. The molecule has 0 bridgehead atoms. The molecule has 21 heavy (non-hydrogen) atoms. The van der Waals surface area contributed by atoms with Crippen LogP contribution in [-0.4, -0.2) is 28.1 Å². The van der Waals surface area contributed by atoms with E-state index in [1.54, 1.807) is 4.68 Å². The lowest BCUT2D eigenvalue weighted by atomic mass is 9.78. The van der Waals surface area contributed by atoms with Crippen molar-refractivity contribution < 1.29 is 9.31 Å². The summed E-state index contributed by atoms with van der Waals surface area (Å²) < 4.78 is 13.8. The molecule has 0 N–H and O–H groups in total. The number of hydrogen-bond donors (Lipinski definition) is 0. The van der Waals surface area contributed by atoms with Gasteiger partial charge in [-0.15, -0.1) is 0 Å². The Bertz CT molecular complexity index is 711. The van der Waals surface area contributed by atoms with Crippen LogP contribution in [0.1, 0.15) is 27.7 Å². The molecule has 0 unspecified atom stereocenters. The Morgan fingerprint density at radius 2 is 1.67 bits per heavy atom. The zero-order chi connectivity index (χ0) is 15.6. The summed E-state index contributed by atoms with van der Waals surface area (Å²) in [6, 6.07) is 3.84. The van der Waals surface area contributed by atoms with Gasteiger partial charge in [-0.2, -0.15) is 5.10 Å². The van der Waals surface area contributed by atoms with Crippen LogP contribution < -0.4 is 5.46 Å². The van der Waals surface area contributed by atoms with Gasteiger partial charge in [0.25, 0.3) is 0 Å². The van der Waals surface area contributed by atoms with E-state index in [2.05, 4.69) is 5.10 Å². The highest BCUT2D eigenvalue weighted by Crippen LogP contribution is 2.38. The number of hydrogen-bond acceptors (Lipinski definition) is 3. The van der Waals surface area contributed by atoms with Gasteiger partial charge in [-0.3, -0.25) is 4.68 Å². The van der Waals surface area contributed by atoms with Gasteiger partial charge in [-0.1, -0.05) is 29.3 Å². The van der Waals surface area contributed by atoms with Crippen molar-refractivity contribution in [2.75, 3.05) is 0 Å². The van der Waals surface area contributed by atoms with Gasteiger partial charge in [0.05, 0.1) is 27.1 Å². The van der Waals surface area contributed by atoms with E-state index in [1.807, 2.05) is 46.9 Å². The standard InChI is InChI=1S/C14H17BCl2N2O2/c1-13(2)14(3,4)21-15(20-13)8-6-7-9-10(11(8)16)12(17)18-19(9)5/h6-7H,1-5H3. The van der Waals surface area contributed by atoms with E-state index in [4.69, 9.17) is 32.5 Å². The van der Waals surface area contributed by atoms with Crippen molar-refractivity contribution in [1.82, 2.24) is 9.78 Å². The lowest BCUT2D eigenvalue weighted by molar-refractivity contribution is 0.00578. The molecular weight excluding hydrogens is 310 g/mol. The van der Waals surface area contributed by atoms with Crippen molar-refractivity contribution >= 4 is 46.7 Å². The monoisotopic (exact) mass is 326 g/mol. The Morgan fingerprint density at radius 1 is 1.10 bits per heavy atom. The Balaban J connectivity index is 2.11.